The molecule has 0 radical (unpaired) electrons. The minimum atomic E-state index is -0.233. The van der Waals surface area contributed by atoms with E-state index in [2.05, 4.69) is 47.8 Å². The third-order valence-electron chi connectivity index (χ3n) is 5.33. The molecule has 0 fully saturated rings. The van der Waals surface area contributed by atoms with Gasteiger partial charge in [-0.15, -0.1) is 0 Å². The minimum absolute atomic E-state index is 0.233. The summed E-state index contributed by atoms with van der Waals surface area (Å²) in [5.74, 6) is -0.233. The molecule has 1 aliphatic rings. The van der Waals surface area contributed by atoms with Crippen molar-refractivity contribution in [1.82, 2.24) is 5.32 Å². The van der Waals surface area contributed by atoms with Gasteiger partial charge in [-0.2, -0.15) is 0 Å². The quantitative estimate of drug-likeness (QED) is 0.681. The van der Waals surface area contributed by atoms with Gasteiger partial charge in [0, 0.05) is 0 Å². The molecule has 2 aromatic rings. The van der Waals surface area contributed by atoms with Gasteiger partial charge in [-0.1, -0.05) is 42.5 Å². The van der Waals surface area contributed by atoms with Crippen LogP contribution < -0.4 is 11.1 Å². The average molecular weight is 351 g/mol. The van der Waals surface area contributed by atoms with Crippen LogP contribution in [0, 0.1) is 0 Å². The van der Waals surface area contributed by atoms with Gasteiger partial charge in [-0.05, 0) is 85.9 Å². The van der Waals surface area contributed by atoms with E-state index in [-0.39, 0.29) is 5.91 Å². The van der Waals surface area contributed by atoms with Crippen molar-refractivity contribution in [1.29, 1.82) is 0 Å². The molecule has 3 nitrogen and oxygen atoms in total. The number of hydrogen-bond acceptors (Lipinski definition) is 2. The van der Waals surface area contributed by atoms with Crippen molar-refractivity contribution in [3.8, 4) is 0 Å². The number of fused-ring (bicyclic) bond motifs is 1. The third-order valence-corrected chi connectivity index (χ3v) is 5.33. The van der Waals surface area contributed by atoms with Crippen molar-refractivity contribution in [2.75, 3.05) is 13.1 Å². The fourth-order valence-corrected chi connectivity index (χ4v) is 4.01. The lowest BCUT2D eigenvalue weighted by molar-refractivity contribution is -0.117. The molecule has 0 aromatic heterocycles. The van der Waals surface area contributed by atoms with Crippen LogP contribution >= 0.6 is 0 Å². The summed E-state index contributed by atoms with van der Waals surface area (Å²) in [4.78, 5) is 11.4. The molecule has 0 unspecified atom stereocenters. The highest BCUT2D eigenvalue weighted by atomic mass is 16.1. The second-order valence-electron chi connectivity index (χ2n) is 7.28. The number of benzene rings is 2. The normalized spacial score (nSPS) is 13.4. The van der Waals surface area contributed by atoms with Crippen LogP contribution in [-0.4, -0.2) is 19.0 Å². The topological polar surface area (TPSA) is 55.1 Å². The summed E-state index contributed by atoms with van der Waals surface area (Å²) in [6.07, 6.45) is 8.42. The standard InChI is InChI=1S/C23H30N2O/c24-23(26)17-20-13-12-19-9-4-5-10-21(19)22(20)11-6-15-25-16-14-18-7-2-1-3-8-18/h1-3,7-8,12-13,25H,4-6,9-11,14-17H2,(H2,24,26). The summed E-state index contributed by atoms with van der Waals surface area (Å²) in [5.41, 5.74) is 12.4. The lowest BCUT2D eigenvalue weighted by atomic mass is 9.83. The van der Waals surface area contributed by atoms with E-state index < -0.39 is 0 Å². The van der Waals surface area contributed by atoms with Crippen molar-refractivity contribution >= 4 is 5.91 Å². The van der Waals surface area contributed by atoms with Crippen molar-refractivity contribution in [2.45, 2.75) is 51.4 Å². The number of rotatable bonds is 9. The van der Waals surface area contributed by atoms with Gasteiger partial charge in [0.1, 0.15) is 0 Å². The first-order valence-electron chi connectivity index (χ1n) is 9.89. The van der Waals surface area contributed by atoms with Crippen molar-refractivity contribution in [3.05, 3.63) is 70.3 Å². The predicted molar refractivity (Wildman–Crippen MR) is 107 cm³/mol. The van der Waals surface area contributed by atoms with Crippen molar-refractivity contribution < 1.29 is 4.79 Å². The molecule has 2 aromatic carbocycles. The van der Waals surface area contributed by atoms with Gasteiger partial charge >= 0.3 is 0 Å². The SMILES string of the molecule is NC(=O)Cc1ccc2c(c1CCCNCCc1ccccc1)CCCC2. The summed E-state index contributed by atoms with van der Waals surface area (Å²) >= 11 is 0. The van der Waals surface area contributed by atoms with Crippen molar-refractivity contribution in [3.63, 3.8) is 0 Å². The van der Waals surface area contributed by atoms with Crippen molar-refractivity contribution in [2.24, 2.45) is 5.73 Å². The molecular weight excluding hydrogens is 320 g/mol. The fourth-order valence-electron chi connectivity index (χ4n) is 4.01. The molecule has 0 aliphatic heterocycles. The maximum Gasteiger partial charge on any atom is 0.221 e. The molecule has 0 saturated heterocycles. The first-order valence-corrected chi connectivity index (χ1v) is 9.89. The molecule has 26 heavy (non-hydrogen) atoms. The third kappa shape index (κ3) is 5.18. The van der Waals surface area contributed by atoms with Gasteiger partial charge in [0.15, 0.2) is 0 Å². The molecule has 138 valence electrons. The first kappa shape index (κ1) is 18.7. The summed E-state index contributed by atoms with van der Waals surface area (Å²) < 4.78 is 0. The molecule has 0 heterocycles. The largest absolute Gasteiger partial charge is 0.369 e. The molecule has 3 heteroatoms. The molecule has 0 saturated carbocycles. The number of aryl methyl sites for hydroxylation is 1. The molecule has 3 rings (SSSR count). The zero-order chi connectivity index (χ0) is 18.2. The van der Waals surface area contributed by atoms with E-state index >= 15 is 0 Å². The Morgan fingerprint density at radius 1 is 0.962 bits per heavy atom. The smallest absolute Gasteiger partial charge is 0.221 e. The van der Waals surface area contributed by atoms with Gasteiger partial charge < -0.3 is 11.1 Å². The Balaban J connectivity index is 1.53. The van der Waals surface area contributed by atoms with E-state index in [1.165, 1.54) is 41.5 Å². The molecule has 0 bridgehead atoms. The van der Waals surface area contributed by atoms with E-state index in [0.717, 1.165) is 44.3 Å². The Morgan fingerprint density at radius 2 is 1.77 bits per heavy atom. The van der Waals surface area contributed by atoms with E-state index in [4.69, 9.17) is 5.73 Å². The number of primary amides is 1. The Labute approximate surface area is 157 Å². The van der Waals surface area contributed by atoms with Gasteiger partial charge in [-0.3, -0.25) is 4.79 Å². The molecule has 0 spiro atoms. The monoisotopic (exact) mass is 350 g/mol. The van der Waals surface area contributed by atoms with Crippen LogP contribution in [0.2, 0.25) is 0 Å². The highest BCUT2D eigenvalue weighted by Gasteiger charge is 2.17. The number of carbonyl (C=O) groups excluding carboxylic acids is 1. The van der Waals surface area contributed by atoms with Gasteiger partial charge in [0.2, 0.25) is 5.91 Å². The highest BCUT2D eigenvalue weighted by molar-refractivity contribution is 5.77. The molecular formula is C23H30N2O. The Hall–Kier alpha value is -2.13. The Morgan fingerprint density at radius 3 is 2.58 bits per heavy atom. The maximum atomic E-state index is 11.4. The van der Waals surface area contributed by atoms with Gasteiger partial charge in [0.25, 0.3) is 0 Å². The van der Waals surface area contributed by atoms with E-state index in [1.807, 2.05) is 0 Å². The number of amides is 1. The van der Waals surface area contributed by atoms with Gasteiger partial charge in [-0.25, -0.2) is 0 Å². The van der Waals surface area contributed by atoms with Crippen LogP contribution in [0.1, 0.15) is 47.1 Å². The number of nitrogens with one attached hydrogen (secondary N) is 1. The van der Waals surface area contributed by atoms with Crippen LogP contribution in [0.15, 0.2) is 42.5 Å². The predicted octanol–water partition coefficient (Wildman–Crippen LogP) is 3.36. The highest BCUT2D eigenvalue weighted by Crippen LogP contribution is 2.28. The zero-order valence-electron chi connectivity index (χ0n) is 15.6. The average Bonchev–Trinajstić information content (AvgIpc) is 2.66. The second-order valence-corrected chi connectivity index (χ2v) is 7.28. The summed E-state index contributed by atoms with van der Waals surface area (Å²) in [6.45, 7) is 2.01. The Bertz CT molecular complexity index is 724. The van der Waals surface area contributed by atoms with E-state index in [9.17, 15) is 4.79 Å². The Kier molecular flexibility index (Phi) is 6.84. The van der Waals surface area contributed by atoms with Crippen LogP contribution in [0.3, 0.4) is 0 Å². The van der Waals surface area contributed by atoms with Gasteiger partial charge in [0.05, 0.1) is 6.42 Å². The van der Waals surface area contributed by atoms with E-state index in [1.54, 1.807) is 0 Å². The van der Waals surface area contributed by atoms with Crippen LogP contribution in [0.5, 0.6) is 0 Å². The van der Waals surface area contributed by atoms with Crippen LogP contribution in [0.25, 0.3) is 0 Å². The summed E-state index contributed by atoms with van der Waals surface area (Å²) in [7, 11) is 0. The summed E-state index contributed by atoms with van der Waals surface area (Å²) in [5, 5.41) is 3.55. The number of carbonyl (C=O) groups is 1. The fraction of sp³-hybridized carbons (Fsp3) is 0.435. The van der Waals surface area contributed by atoms with Crippen LogP contribution in [-0.2, 0) is 36.9 Å². The van der Waals surface area contributed by atoms with Crippen LogP contribution in [0.4, 0.5) is 0 Å². The molecule has 1 amide bonds. The number of nitrogens with two attached hydrogens (primary N) is 1. The second kappa shape index (κ2) is 9.54. The molecule has 1 aliphatic carbocycles. The summed E-state index contributed by atoms with van der Waals surface area (Å²) in [6, 6.07) is 14.9. The van der Waals surface area contributed by atoms with E-state index in [0.29, 0.717) is 6.42 Å². The zero-order valence-corrected chi connectivity index (χ0v) is 15.6. The lowest BCUT2D eigenvalue weighted by Gasteiger charge is -2.22. The first-order chi connectivity index (χ1) is 12.7. The maximum absolute atomic E-state index is 11.4. The lowest BCUT2D eigenvalue weighted by Crippen LogP contribution is -2.20. The molecule has 3 N–H and O–H groups in total. The minimum Gasteiger partial charge on any atom is -0.369 e. The molecule has 0 atom stereocenters. The number of hydrogen-bond donors (Lipinski definition) is 2.